The topological polar surface area (TPSA) is 56.7 Å². The Morgan fingerprint density at radius 1 is 1.50 bits per heavy atom. The van der Waals surface area contributed by atoms with Gasteiger partial charge in [0.15, 0.2) is 5.13 Å². The van der Waals surface area contributed by atoms with Crippen molar-refractivity contribution in [1.29, 1.82) is 0 Å². The number of aromatic nitrogens is 3. The van der Waals surface area contributed by atoms with Crippen molar-refractivity contribution in [3.8, 4) is 10.4 Å². The van der Waals surface area contributed by atoms with Crippen molar-refractivity contribution >= 4 is 16.5 Å². The average Bonchev–Trinajstić information content (AvgIpc) is 2.87. The SMILES string of the molecule is Cn1ncc(-c2cnc(N)s2)c1CC1CC1. The molecule has 1 aliphatic rings. The molecule has 3 rings (SSSR count). The van der Waals surface area contributed by atoms with Gasteiger partial charge in [0.2, 0.25) is 0 Å². The van der Waals surface area contributed by atoms with E-state index in [0.717, 1.165) is 17.2 Å². The molecule has 2 heterocycles. The Morgan fingerprint density at radius 2 is 2.31 bits per heavy atom. The molecule has 0 radical (unpaired) electrons. The monoisotopic (exact) mass is 234 g/mol. The number of nitrogens with zero attached hydrogens (tertiary/aromatic N) is 3. The lowest BCUT2D eigenvalue weighted by Crippen LogP contribution is -2.00. The highest BCUT2D eigenvalue weighted by molar-refractivity contribution is 7.18. The Balaban J connectivity index is 1.99. The molecular weight excluding hydrogens is 220 g/mol. The van der Waals surface area contributed by atoms with E-state index in [1.807, 2.05) is 24.1 Å². The summed E-state index contributed by atoms with van der Waals surface area (Å²) in [4.78, 5) is 5.22. The zero-order chi connectivity index (χ0) is 11.1. The van der Waals surface area contributed by atoms with E-state index in [1.165, 1.54) is 35.4 Å². The molecule has 84 valence electrons. The predicted octanol–water partition coefficient (Wildman–Crippen LogP) is 2.08. The minimum Gasteiger partial charge on any atom is -0.375 e. The van der Waals surface area contributed by atoms with E-state index in [1.54, 1.807) is 0 Å². The smallest absolute Gasteiger partial charge is 0.180 e. The Bertz CT molecular complexity index is 510. The first-order chi connectivity index (χ1) is 7.74. The Morgan fingerprint density at radius 3 is 2.94 bits per heavy atom. The van der Waals surface area contributed by atoms with Crippen LogP contribution in [0, 0.1) is 5.92 Å². The molecule has 1 fully saturated rings. The molecule has 2 N–H and O–H groups in total. The molecule has 5 heteroatoms. The van der Waals surface area contributed by atoms with Gasteiger partial charge in [-0.3, -0.25) is 4.68 Å². The van der Waals surface area contributed by atoms with E-state index in [-0.39, 0.29) is 0 Å². The maximum absolute atomic E-state index is 5.67. The van der Waals surface area contributed by atoms with Gasteiger partial charge in [0, 0.05) is 24.5 Å². The molecule has 2 aromatic heterocycles. The van der Waals surface area contributed by atoms with Crippen LogP contribution in [0.15, 0.2) is 12.4 Å². The summed E-state index contributed by atoms with van der Waals surface area (Å²) in [6.45, 7) is 0. The summed E-state index contributed by atoms with van der Waals surface area (Å²) >= 11 is 1.53. The van der Waals surface area contributed by atoms with Crippen LogP contribution in [0.25, 0.3) is 10.4 Å². The summed E-state index contributed by atoms with van der Waals surface area (Å²) in [6.07, 6.45) is 7.60. The molecule has 0 aromatic carbocycles. The van der Waals surface area contributed by atoms with Crippen molar-refractivity contribution < 1.29 is 0 Å². The van der Waals surface area contributed by atoms with Crippen molar-refractivity contribution in [3.63, 3.8) is 0 Å². The third-order valence-corrected chi connectivity index (χ3v) is 3.89. The molecular formula is C11H14N4S. The second-order valence-electron chi connectivity index (χ2n) is 4.34. The highest BCUT2D eigenvalue weighted by atomic mass is 32.1. The number of nitrogen functional groups attached to an aromatic ring is 1. The van der Waals surface area contributed by atoms with Crippen LogP contribution in [0.1, 0.15) is 18.5 Å². The fourth-order valence-electron chi connectivity index (χ4n) is 1.92. The molecule has 0 atom stereocenters. The van der Waals surface area contributed by atoms with E-state index >= 15 is 0 Å². The van der Waals surface area contributed by atoms with Crippen LogP contribution in [0.4, 0.5) is 5.13 Å². The fraction of sp³-hybridized carbons (Fsp3) is 0.455. The third-order valence-electron chi connectivity index (χ3n) is 3.03. The van der Waals surface area contributed by atoms with Crippen LogP contribution >= 0.6 is 11.3 Å². The second kappa shape index (κ2) is 3.59. The maximum atomic E-state index is 5.67. The lowest BCUT2D eigenvalue weighted by molar-refractivity contribution is 0.678. The molecule has 0 spiro atoms. The molecule has 1 aliphatic carbocycles. The minimum atomic E-state index is 0.622. The Labute approximate surface area is 98.1 Å². The first kappa shape index (κ1) is 9.84. The summed E-state index contributed by atoms with van der Waals surface area (Å²) in [7, 11) is 2.01. The zero-order valence-electron chi connectivity index (χ0n) is 9.18. The number of thiazole rings is 1. The van der Waals surface area contributed by atoms with Gasteiger partial charge < -0.3 is 5.73 Å². The van der Waals surface area contributed by atoms with Gasteiger partial charge in [0.1, 0.15) is 0 Å². The number of rotatable bonds is 3. The normalized spacial score (nSPS) is 15.6. The molecule has 2 aromatic rings. The molecule has 0 amide bonds. The van der Waals surface area contributed by atoms with Gasteiger partial charge in [-0.1, -0.05) is 11.3 Å². The molecule has 0 saturated heterocycles. The number of hydrogen-bond donors (Lipinski definition) is 1. The molecule has 4 nitrogen and oxygen atoms in total. The first-order valence-corrected chi connectivity index (χ1v) is 6.28. The van der Waals surface area contributed by atoms with Crippen LogP contribution in [-0.4, -0.2) is 14.8 Å². The van der Waals surface area contributed by atoms with Crippen LogP contribution in [0.5, 0.6) is 0 Å². The van der Waals surface area contributed by atoms with Gasteiger partial charge in [0.25, 0.3) is 0 Å². The number of nitrogens with two attached hydrogens (primary N) is 1. The summed E-state index contributed by atoms with van der Waals surface area (Å²) in [5.74, 6) is 0.861. The zero-order valence-corrected chi connectivity index (χ0v) is 10.00. The van der Waals surface area contributed by atoms with Gasteiger partial charge in [0.05, 0.1) is 11.1 Å². The van der Waals surface area contributed by atoms with E-state index in [9.17, 15) is 0 Å². The van der Waals surface area contributed by atoms with Crippen molar-refractivity contribution in [1.82, 2.24) is 14.8 Å². The van der Waals surface area contributed by atoms with E-state index in [2.05, 4.69) is 10.1 Å². The third kappa shape index (κ3) is 1.71. The van der Waals surface area contributed by atoms with E-state index in [4.69, 9.17) is 5.73 Å². The standard InChI is InChI=1S/C11H14N4S/c1-15-9(4-7-2-3-7)8(5-14-15)10-6-13-11(12)16-10/h5-7H,2-4H2,1H3,(H2,12,13). The Hall–Kier alpha value is -1.36. The largest absolute Gasteiger partial charge is 0.375 e. The number of aryl methyl sites for hydroxylation is 1. The second-order valence-corrected chi connectivity index (χ2v) is 5.40. The lowest BCUT2D eigenvalue weighted by Gasteiger charge is -2.03. The summed E-state index contributed by atoms with van der Waals surface area (Å²) < 4.78 is 1.98. The average molecular weight is 234 g/mol. The minimum absolute atomic E-state index is 0.622. The molecule has 0 bridgehead atoms. The van der Waals surface area contributed by atoms with E-state index < -0.39 is 0 Å². The maximum Gasteiger partial charge on any atom is 0.180 e. The molecule has 16 heavy (non-hydrogen) atoms. The highest BCUT2D eigenvalue weighted by Crippen LogP contribution is 2.37. The fourth-order valence-corrected chi connectivity index (χ4v) is 2.63. The number of anilines is 1. The van der Waals surface area contributed by atoms with Crippen molar-refractivity contribution in [2.24, 2.45) is 13.0 Å². The predicted molar refractivity (Wildman–Crippen MR) is 65.2 cm³/mol. The van der Waals surface area contributed by atoms with Gasteiger partial charge in [-0.2, -0.15) is 5.10 Å². The van der Waals surface area contributed by atoms with Gasteiger partial charge in [-0.05, 0) is 25.2 Å². The summed E-state index contributed by atoms with van der Waals surface area (Å²) in [5.41, 5.74) is 8.18. The first-order valence-electron chi connectivity index (χ1n) is 5.46. The summed E-state index contributed by atoms with van der Waals surface area (Å²) in [5, 5.41) is 4.96. The van der Waals surface area contributed by atoms with Crippen LogP contribution in [0.2, 0.25) is 0 Å². The Kier molecular flexibility index (Phi) is 2.21. The molecule has 1 saturated carbocycles. The van der Waals surface area contributed by atoms with Crippen LogP contribution in [-0.2, 0) is 13.5 Å². The number of hydrogen-bond acceptors (Lipinski definition) is 4. The quantitative estimate of drug-likeness (QED) is 0.884. The van der Waals surface area contributed by atoms with Crippen molar-refractivity contribution in [3.05, 3.63) is 18.1 Å². The van der Waals surface area contributed by atoms with Crippen molar-refractivity contribution in [2.45, 2.75) is 19.3 Å². The van der Waals surface area contributed by atoms with Gasteiger partial charge in [-0.25, -0.2) is 4.98 Å². The summed E-state index contributed by atoms with van der Waals surface area (Å²) in [6, 6.07) is 0. The highest BCUT2D eigenvalue weighted by Gasteiger charge is 2.25. The molecule has 0 aliphatic heterocycles. The van der Waals surface area contributed by atoms with Crippen molar-refractivity contribution in [2.75, 3.05) is 5.73 Å². The van der Waals surface area contributed by atoms with Gasteiger partial charge >= 0.3 is 0 Å². The lowest BCUT2D eigenvalue weighted by atomic mass is 10.1. The van der Waals surface area contributed by atoms with Crippen LogP contribution in [0.3, 0.4) is 0 Å². The van der Waals surface area contributed by atoms with E-state index in [0.29, 0.717) is 5.13 Å². The molecule has 0 unspecified atom stereocenters. The van der Waals surface area contributed by atoms with Crippen LogP contribution < -0.4 is 5.73 Å². The van der Waals surface area contributed by atoms with Gasteiger partial charge in [-0.15, -0.1) is 0 Å².